The van der Waals surface area contributed by atoms with Gasteiger partial charge in [0.1, 0.15) is 0 Å². The Kier molecular flexibility index (Phi) is 6.67. The van der Waals surface area contributed by atoms with Crippen LogP contribution >= 0.6 is 0 Å². The van der Waals surface area contributed by atoms with Crippen molar-refractivity contribution in [2.24, 2.45) is 5.92 Å². The SMILES string of the molecule is O=C(CCC(F)(F)F)NCc1cnn2cc(CNC(=O)c3cnn(CC4CC(F)(F)C4)n3)nc2c1. The van der Waals surface area contributed by atoms with Gasteiger partial charge in [-0.2, -0.15) is 28.2 Å². The number of rotatable bonds is 9. The van der Waals surface area contributed by atoms with Crippen molar-refractivity contribution in [2.75, 3.05) is 0 Å². The van der Waals surface area contributed by atoms with Crippen LogP contribution in [-0.2, 0) is 24.4 Å². The summed E-state index contributed by atoms with van der Waals surface area (Å²) in [5.41, 5.74) is 1.47. The zero-order valence-electron chi connectivity index (χ0n) is 18.2. The summed E-state index contributed by atoms with van der Waals surface area (Å²) in [6.07, 6.45) is -2.41. The van der Waals surface area contributed by atoms with Gasteiger partial charge in [0.15, 0.2) is 11.3 Å². The summed E-state index contributed by atoms with van der Waals surface area (Å²) >= 11 is 0. The number of halogens is 5. The average Bonchev–Trinajstić information content (AvgIpc) is 3.39. The fourth-order valence-corrected chi connectivity index (χ4v) is 3.59. The number of imidazole rings is 1. The topological polar surface area (TPSA) is 119 Å². The summed E-state index contributed by atoms with van der Waals surface area (Å²) in [5, 5.41) is 17.1. The van der Waals surface area contributed by atoms with E-state index in [1.54, 1.807) is 12.3 Å². The van der Waals surface area contributed by atoms with Crippen molar-refractivity contribution in [3.63, 3.8) is 0 Å². The first-order valence-electron chi connectivity index (χ1n) is 10.7. The molecule has 2 N–H and O–H groups in total. The van der Waals surface area contributed by atoms with Gasteiger partial charge in [-0.3, -0.25) is 9.59 Å². The zero-order valence-corrected chi connectivity index (χ0v) is 18.2. The molecule has 0 radical (unpaired) electrons. The molecule has 3 heterocycles. The smallest absolute Gasteiger partial charge is 0.352 e. The molecule has 3 aromatic rings. The third kappa shape index (κ3) is 6.70. The largest absolute Gasteiger partial charge is 0.389 e. The van der Waals surface area contributed by atoms with E-state index < -0.39 is 36.8 Å². The zero-order chi connectivity index (χ0) is 25.2. The number of nitrogens with one attached hydrogen (secondary N) is 2. The van der Waals surface area contributed by atoms with E-state index in [2.05, 4.69) is 30.9 Å². The van der Waals surface area contributed by atoms with E-state index in [0.717, 1.165) is 0 Å². The van der Waals surface area contributed by atoms with Gasteiger partial charge in [-0.05, 0) is 17.5 Å². The standard InChI is InChI=1S/C20H21F5N8O2/c21-19(22)4-13(5-19)10-33-29-9-15(31-33)18(35)27-8-14-11-32-16(30-14)3-12(7-28-32)6-26-17(34)1-2-20(23,24)25/h3,7,9,11,13H,1-2,4-6,8,10H2,(H,26,34)(H,27,35). The van der Waals surface area contributed by atoms with Gasteiger partial charge in [-0.1, -0.05) is 0 Å². The van der Waals surface area contributed by atoms with Crippen LogP contribution in [0, 0.1) is 5.92 Å². The third-order valence-electron chi connectivity index (χ3n) is 5.35. The monoisotopic (exact) mass is 500 g/mol. The molecule has 0 spiro atoms. The molecule has 0 bridgehead atoms. The fourth-order valence-electron chi connectivity index (χ4n) is 3.59. The molecular weight excluding hydrogens is 479 g/mol. The Hall–Kier alpha value is -3.65. The predicted molar refractivity (Wildman–Crippen MR) is 109 cm³/mol. The number of alkyl halides is 5. The van der Waals surface area contributed by atoms with Crippen LogP contribution in [0.5, 0.6) is 0 Å². The van der Waals surface area contributed by atoms with Crippen LogP contribution in [0.2, 0.25) is 0 Å². The molecule has 3 aromatic heterocycles. The molecule has 0 saturated heterocycles. The molecule has 1 aliphatic carbocycles. The molecule has 15 heteroatoms. The van der Waals surface area contributed by atoms with E-state index in [9.17, 15) is 31.5 Å². The molecule has 35 heavy (non-hydrogen) atoms. The lowest BCUT2D eigenvalue weighted by Gasteiger charge is -2.34. The van der Waals surface area contributed by atoms with Crippen molar-refractivity contribution >= 4 is 17.5 Å². The first-order chi connectivity index (χ1) is 16.5. The van der Waals surface area contributed by atoms with E-state index in [0.29, 0.717) is 16.9 Å². The highest BCUT2D eigenvalue weighted by molar-refractivity contribution is 5.91. The van der Waals surface area contributed by atoms with Gasteiger partial charge >= 0.3 is 6.18 Å². The van der Waals surface area contributed by atoms with E-state index in [1.807, 2.05) is 0 Å². The molecule has 1 fully saturated rings. The second kappa shape index (κ2) is 9.54. The summed E-state index contributed by atoms with van der Waals surface area (Å²) in [6.45, 7) is 0.257. The lowest BCUT2D eigenvalue weighted by atomic mass is 9.81. The normalized spacial score (nSPS) is 15.7. The average molecular weight is 500 g/mol. The Bertz CT molecular complexity index is 1210. The van der Waals surface area contributed by atoms with Crippen LogP contribution in [0.4, 0.5) is 22.0 Å². The summed E-state index contributed by atoms with van der Waals surface area (Å²) in [4.78, 5) is 29.4. The molecule has 0 unspecified atom stereocenters. The predicted octanol–water partition coefficient (Wildman–Crippen LogP) is 2.25. The molecule has 0 atom stereocenters. The van der Waals surface area contributed by atoms with Crippen molar-refractivity contribution in [1.29, 1.82) is 0 Å². The maximum absolute atomic E-state index is 12.9. The van der Waals surface area contributed by atoms with E-state index in [4.69, 9.17) is 0 Å². The summed E-state index contributed by atoms with van der Waals surface area (Å²) in [6, 6.07) is 1.61. The van der Waals surface area contributed by atoms with Crippen molar-refractivity contribution in [3.05, 3.63) is 41.6 Å². The van der Waals surface area contributed by atoms with Crippen molar-refractivity contribution in [2.45, 2.75) is 57.4 Å². The molecule has 1 saturated carbocycles. The van der Waals surface area contributed by atoms with Crippen molar-refractivity contribution in [3.8, 4) is 0 Å². The fraction of sp³-hybridized carbons (Fsp3) is 0.500. The third-order valence-corrected chi connectivity index (χ3v) is 5.35. The van der Waals surface area contributed by atoms with E-state index in [-0.39, 0.29) is 44.1 Å². The molecule has 188 valence electrons. The molecule has 1 aliphatic rings. The Balaban J connectivity index is 1.27. The molecule has 2 amide bonds. The van der Waals surface area contributed by atoms with Crippen LogP contribution in [0.15, 0.2) is 24.7 Å². The Morgan fingerprint density at radius 2 is 1.89 bits per heavy atom. The number of carbonyl (C=O) groups is 2. The molecule has 4 rings (SSSR count). The number of aromatic nitrogens is 6. The van der Waals surface area contributed by atoms with Crippen LogP contribution in [-0.4, -0.2) is 53.5 Å². The van der Waals surface area contributed by atoms with Crippen molar-refractivity contribution < 1.29 is 31.5 Å². The summed E-state index contributed by atoms with van der Waals surface area (Å²) in [7, 11) is 0. The van der Waals surface area contributed by atoms with Gasteiger partial charge in [-0.15, -0.1) is 5.10 Å². The molecule has 10 nitrogen and oxygen atoms in total. The number of nitrogens with zero attached hydrogens (tertiary/aromatic N) is 6. The van der Waals surface area contributed by atoms with Gasteiger partial charge in [-0.25, -0.2) is 18.3 Å². The Morgan fingerprint density at radius 3 is 2.60 bits per heavy atom. The number of hydrogen-bond donors (Lipinski definition) is 2. The van der Waals surface area contributed by atoms with Gasteiger partial charge in [0.05, 0.1) is 43.8 Å². The second-order valence-corrected chi connectivity index (χ2v) is 8.39. The van der Waals surface area contributed by atoms with Crippen molar-refractivity contribution in [1.82, 2.24) is 40.2 Å². The van der Waals surface area contributed by atoms with Gasteiger partial charge in [0, 0.05) is 25.8 Å². The number of fused-ring (bicyclic) bond motifs is 1. The second-order valence-electron chi connectivity index (χ2n) is 8.39. The molecular formula is C20H21F5N8O2. The molecule has 0 aliphatic heterocycles. The highest BCUT2D eigenvalue weighted by atomic mass is 19.4. The van der Waals surface area contributed by atoms with Gasteiger partial charge in [0.25, 0.3) is 5.91 Å². The van der Waals surface area contributed by atoms with E-state index >= 15 is 0 Å². The highest BCUT2D eigenvalue weighted by Gasteiger charge is 2.45. The quantitative estimate of drug-likeness (QED) is 0.435. The van der Waals surface area contributed by atoms with Gasteiger partial charge in [0.2, 0.25) is 11.8 Å². The number of carbonyl (C=O) groups excluding carboxylic acids is 2. The van der Waals surface area contributed by atoms with Crippen LogP contribution in [0.25, 0.3) is 5.65 Å². The number of hydrogen-bond acceptors (Lipinski definition) is 6. The van der Waals surface area contributed by atoms with E-state index in [1.165, 1.54) is 21.7 Å². The minimum Gasteiger partial charge on any atom is -0.352 e. The Labute approximate surface area is 194 Å². The van der Waals surface area contributed by atoms with Crippen LogP contribution < -0.4 is 10.6 Å². The summed E-state index contributed by atoms with van der Waals surface area (Å²) in [5.74, 6) is -4.09. The Morgan fingerprint density at radius 1 is 1.11 bits per heavy atom. The highest BCUT2D eigenvalue weighted by Crippen LogP contribution is 2.42. The minimum absolute atomic E-state index is 0.00667. The first-order valence-corrected chi connectivity index (χ1v) is 10.7. The maximum atomic E-state index is 12.9. The lowest BCUT2D eigenvalue weighted by Crippen LogP contribution is -2.38. The minimum atomic E-state index is -4.40. The van der Waals surface area contributed by atoms with Crippen LogP contribution in [0.1, 0.15) is 47.4 Å². The maximum Gasteiger partial charge on any atom is 0.389 e. The summed E-state index contributed by atoms with van der Waals surface area (Å²) < 4.78 is 63.9. The van der Waals surface area contributed by atoms with Crippen LogP contribution in [0.3, 0.4) is 0 Å². The number of amides is 2. The first kappa shape index (κ1) is 24.5. The molecule has 0 aromatic carbocycles. The lowest BCUT2D eigenvalue weighted by molar-refractivity contribution is -0.144. The van der Waals surface area contributed by atoms with Gasteiger partial charge < -0.3 is 10.6 Å².